The number of aliphatic hydroxyl groups is 1. The number of hydrogen-bond acceptors (Lipinski definition) is 2. The molecule has 0 spiro atoms. The standard InChI is InChI=1S/C12H15FO2/c1-9-8-12(14,6-7-15-9)10-2-4-11(13)5-3-10/h2-5,9,14H,6-8H2,1H3. The molecule has 2 unspecified atom stereocenters. The summed E-state index contributed by atoms with van der Waals surface area (Å²) in [5.41, 5.74) is -0.0789. The highest BCUT2D eigenvalue weighted by Gasteiger charge is 2.34. The Morgan fingerprint density at radius 3 is 2.67 bits per heavy atom. The third-order valence-corrected chi connectivity index (χ3v) is 2.92. The van der Waals surface area contributed by atoms with Crippen molar-refractivity contribution in [2.24, 2.45) is 0 Å². The molecule has 0 radical (unpaired) electrons. The predicted molar refractivity (Wildman–Crippen MR) is 54.9 cm³/mol. The lowest BCUT2D eigenvalue weighted by Crippen LogP contribution is -2.37. The Labute approximate surface area is 88.7 Å². The van der Waals surface area contributed by atoms with Gasteiger partial charge in [0.05, 0.1) is 18.3 Å². The third-order valence-electron chi connectivity index (χ3n) is 2.92. The van der Waals surface area contributed by atoms with Crippen molar-refractivity contribution < 1.29 is 14.2 Å². The normalized spacial score (nSPS) is 31.5. The van der Waals surface area contributed by atoms with Crippen LogP contribution in [0, 0.1) is 5.82 Å². The van der Waals surface area contributed by atoms with E-state index in [1.165, 1.54) is 12.1 Å². The second-order valence-corrected chi connectivity index (χ2v) is 4.17. The van der Waals surface area contributed by atoms with Crippen LogP contribution in [-0.4, -0.2) is 17.8 Å². The predicted octanol–water partition coefficient (Wildman–Crippen LogP) is 2.21. The van der Waals surface area contributed by atoms with Crippen molar-refractivity contribution >= 4 is 0 Å². The summed E-state index contributed by atoms with van der Waals surface area (Å²) in [6, 6.07) is 6.06. The molecule has 15 heavy (non-hydrogen) atoms. The van der Waals surface area contributed by atoms with Gasteiger partial charge in [-0.25, -0.2) is 4.39 Å². The quantitative estimate of drug-likeness (QED) is 0.770. The number of rotatable bonds is 1. The van der Waals surface area contributed by atoms with E-state index in [0.29, 0.717) is 19.4 Å². The maximum absolute atomic E-state index is 12.7. The zero-order valence-corrected chi connectivity index (χ0v) is 8.74. The maximum Gasteiger partial charge on any atom is 0.123 e. The molecule has 1 N–H and O–H groups in total. The second kappa shape index (κ2) is 3.91. The van der Waals surface area contributed by atoms with Gasteiger partial charge in [0.25, 0.3) is 0 Å². The molecule has 1 fully saturated rings. The van der Waals surface area contributed by atoms with Crippen LogP contribution >= 0.6 is 0 Å². The van der Waals surface area contributed by atoms with Crippen molar-refractivity contribution in [3.05, 3.63) is 35.6 Å². The minimum Gasteiger partial charge on any atom is -0.385 e. The second-order valence-electron chi connectivity index (χ2n) is 4.17. The highest BCUT2D eigenvalue weighted by molar-refractivity contribution is 5.23. The summed E-state index contributed by atoms with van der Waals surface area (Å²) in [4.78, 5) is 0. The molecule has 82 valence electrons. The lowest BCUT2D eigenvalue weighted by Gasteiger charge is -2.36. The topological polar surface area (TPSA) is 29.5 Å². The molecular formula is C12H15FO2. The average Bonchev–Trinajstić information content (AvgIpc) is 2.18. The van der Waals surface area contributed by atoms with Crippen LogP contribution in [0.3, 0.4) is 0 Å². The molecule has 2 atom stereocenters. The summed E-state index contributed by atoms with van der Waals surface area (Å²) in [5.74, 6) is -0.276. The van der Waals surface area contributed by atoms with Gasteiger partial charge in [0.2, 0.25) is 0 Å². The van der Waals surface area contributed by atoms with E-state index in [2.05, 4.69) is 0 Å². The van der Waals surface area contributed by atoms with Crippen molar-refractivity contribution in [2.75, 3.05) is 6.61 Å². The van der Waals surface area contributed by atoms with Crippen LogP contribution in [0.15, 0.2) is 24.3 Å². The third kappa shape index (κ3) is 2.19. The average molecular weight is 210 g/mol. The van der Waals surface area contributed by atoms with Crippen LogP contribution < -0.4 is 0 Å². The number of ether oxygens (including phenoxy) is 1. The zero-order valence-electron chi connectivity index (χ0n) is 8.74. The van der Waals surface area contributed by atoms with Crippen molar-refractivity contribution in [1.29, 1.82) is 0 Å². The minimum absolute atomic E-state index is 0.0498. The molecule has 0 amide bonds. The Kier molecular flexibility index (Phi) is 2.76. The molecule has 1 saturated heterocycles. The molecule has 1 aliphatic heterocycles. The fraction of sp³-hybridized carbons (Fsp3) is 0.500. The van der Waals surface area contributed by atoms with Gasteiger partial charge in [-0.3, -0.25) is 0 Å². The first-order valence-electron chi connectivity index (χ1n) is 5.20. The number of benzene rings is 1. The molecule has 0 bridgehead atoms. The highest BCUT2D eigenvalue weighted by Crippen LogP contribution is 2.34. The van der Waals surface area contributed by atoms with Crippen LogP contribution in [0.5, 0.6) is 0 Å². The largest absolute Gasteiger partial charge is 0.385 e. The molecule has 0 aliphatic carbocycles. The SMILES string of the molecule is CC1CC(O)(c2ccc(F)cc2)CCO1. The Balaban J connectivity index is 2.24. The van der Waals surface area contributed by atoms with Crippen LogP contribution in [-0.2, 0) is 10.3 Å². The van der Waals surface area contributed by atoms with Gasteiger partial charge in [-0.15, -0.1) is 0 Å². The van der Waals surface area contributed by atoms with E-state index in [-0.39, 0.29) is 11.9 Å². The van der Waals surface area contributed by atoms with Crippen molar-refractivity contribution in [2.45, 2.75) is 31.5 Å². The molecule has 1 aromatic carbocycles. The van der Waals surface area contributed by atoms with E-state index in [1.54, 1.807) is 12.1 Å². The lowest BCUT2D eigenvalue weighted by molar-refractivity contribution is -0.101. The fourth-order valence-electron chi connectivity index (χ4n) is 2.09. The van der Waals surface area contributed by atoms with Crippen LogP contribution in [0.4, 0.5) is 4.39 Å². The number of halogens is 1. The van der Waals surface area contributed by atoms with Crippen LogP contribution in [0.25, 0.3) is 0 Å². The molecule has 3 heteroatoms. The van der Waals surface area contributed by atoms with Crippen LogP contribution in [0.2, 0.25) is 0 Å². The summed E-state index contributed by atoms with van der Waals surface area (Å²) in [5, 5.41) is 10.4. The Morgan fingerprint density at radius 2 is 2.07 bits per heavy atom. The van der Waals surface area contributed by atoms with E-state index >= 15 is 0 Å². The summed E-state index contributed by atoms with van der Waals surface area (Å²) in [6.07, 6.45) is 1.19. The molecule has 2 rings (SSSR count). The fourth-order valence-corrected chi connectivity index (χ4v) is 2.09. The van der Waals surface area contributed by atoms with Crippen molar-refractivity contribution in [3.63, 3.8) is 0 Å². The summed E-state index contributed by atoms with van der Waals surface area (Å²) in [7, 11) is 0. The van der Waals surface area contributed by atoms with E-state index in [1.807, 2.05) is 6.92 Å². The van der Waals surface area contributed by atoms with Crippen LogP contribution in [0.1, 0.15) is 25.3 Å². The van der Waals surface area contributed by atoms with Gasteiger partial charge in [0, 0.05) is 12.8 Å². The smallest absolute Gasteiger partial charge is 0.123 e. The first kappa shape index (κ1) is 10.6. The monoisotopic (exact) mass is 210 g/mol. The van der Waals surface area contributed by atoms with Gasteiger partial charge >= 0.3 is 0 Å². The molecule has 1 heterocycles. The van der Waals surface area contributed by atoms with Gasteiger partial charge in [0.15, 0.2) is 0 Å². The summed E-state index contributed by atoms with van der Waals surface area (Å²) in [6.45, 7) is 2.49. The first-order valence-corrected chi connectivity index (χ1v) is 5.20. The van der Waals surface area contributed by atoms with Gasteiger partial charge < -0.3 is 9.84 Å². The minimum atomic E-state index is -0.856. The van der Waals surface area contributed by atoms with Crippen molar-refractivity contribution in [1.82, 2.24) is 0 Å². The van der Waals surface area contributed by atoms with Gasteiger partial charge in [-0.2, -0.15) is 0 Å². The Morgan fingerprint density at radius 1 is 1.40 bits per heavy atom. The molecule has 0 aromatic heterocycles. The Bertz CT molecular complexity index is 336. The summed E-state index contributed by atoms with van der Waals surface area (Å²) < 4.78 is 18.1. The molecular weight excluding hydrogens is 195 g/mol. The van der Waals surface area contributed by atoms with Crippen molar-refractivity contribution in [3.8, 4) is 0 Å². The first-order chi connectivity index (χ1) is 7.10. The van der Waals surface area contributed by atoms with E-state index in [4.69, 9.17) is 4.74 Å². The van der Waals surface area contributed by atoms with E-state index in [9.17, 15) is 9.50 Å². The number of hydrogen-bond donors (Lipinski definition) is 1. The maximum atomic E-state index is 12.7. The van der Waals surface area contributed by atoms with Gasteiger partial charge in [-0.1, -0.05) is 12.1 Å². The molecule has 1 aliphatic rings. The molecule has 2 nitrogen and oxygen atoms in total. The van der Waals surface area contributed by atoms with Gasteiger partial charge in [-0.05, 0) is 24.6 Å². The van der Waals surface area contributed by atoms with E-state index in [0.717, 1.165) is 5.56 Å². The lowest BCUT2D eigenvalue weighted by atomic mass is 9.84. The molecule has 1 aromatic rings. The Hall–Kier alpha value is -0.930. The van der Waals surface area contributed by atoms with Gasteiger partial charge in [0.1, 0.15) is 5.82 Å². The summed E-state index contributed by atoms with van der Waals surface area (Å²) >= 11 is 0. The zero-order chi connectivity index (χ0) is 10.9. The highest BCUT2D eigenvalue weighted by atomic mass is 19.1. The van der Waals surface area contributed by atoms with E-state index < -0.39 is 5.60 Å². The molecule has 0 saturated carbocycles.